The Balaban J connectivity index is 2.55. The van der Waals surface area contributed by atoms with Crippen LogP contribution in [0.25, 0.3) is 11.1 Å². The van der Waals surface area contributed by atoms with Gasteiger partial charge in [0.1, 0.15) is 0 Å². The maximum Gasteiger partial charge on any atom is 0.276 e. The van der Waals surface area contributed by atoms with Crippen molar-refractivity contribution in [1.82, 2.24) is 4.57 Å². The molecule has 1 aromatic carbocycles. The van der Waals surface area contributed by atoms with Crippen molar-refractivity contribution in [1.29, 1.82) is 0 Å². The molecule has 4 heteroatoms. The molecular weight excluding hydrogens is 222 g/mol. The van der Waals surface area contributed by atoms with E-state index in [4.69, 9.17) is 16.6 Å². The summed E-state index contributed by atoms with van der Waals surface area (Å²) in [5.74, 6) is 0.299. The first-order valence-corrected chi connectivity index (χ1v) is 5.64. The van der Waals surface area contributed by atoms with Crippen molar-refractivity contribution in [2.45, 2.75) is 20.3 Å². The first-order valence-electron chi connectivity index (χ1n) is 5.23. The number of oxazole rings is 1. The number of carbonyl (C=O) groups is 1. The standard InChI is InChI=1S/C12H13NO2S/c1-8(2)7-11(14)13-9-5-3-4-6-10(9)15-12(13)16/h3-6,8H,7H2,1-2H3. The van der Waals surface area contributed by atoms with E-state index in [0.717, 1.165) is 5.52 Å². The van der Waals surface area contributed by atoms with E-state index in [1.54, 1.807) is 0 Å². The van der Waals surface area contributed by atoms with Gasteiger partial charge in [0.15, 0.2) is 5.58 Å². The lowest BCUT2D eigenvalue weighted by Gasteiger charge is -2.04. The number of fused-ring (bicyclic) bond motifs is 1. The van der Waals surface area contributed by atoms with Crippen LogP contribution < -0.4 is 0 Å². The summed E-state index contributed by atoms with van der Waals surface area (Å²) in [5, 5.41) is 0. The molecule has 0 saturated carbocycles. The van der Waals surface area contributed by atoms with Crippen LogP contribution in [-0.4, -0.2) is 10.5 Å². The van der Waals surface area contributed by atoms with Gasteiger partial charge in [-0.3, -0.25) is 4.79 Å². The minimum absolute atomic E-state index is 0.00931. The minimum atomic E-state index is -0.00931. The lowest BCUT2D eigenvalue weighted by Crippen LogP contribution is -2.12. The van der Waals surface area contributed by atoms with Crippen molar-refractivity contribution in [2.75, 3.05) is 0 Å². The summed E-state index contributed by atoms with van der Waals surface area (Å²) in [4.78, 5) is 12.2. The average molecular weight is 235 g/mol. The summed E-state index contributed by atoms with van der Waals surface area (Å²) in [7, 11) is 0. The van der Waals surface area contributed by atoms with Crippen LogP contribution in [0.3, 0.4) is 0 Å². The first kappa shape index (κ1) is 11.1. The zero-order valence-corrected chi connectivity index (χ0v) is 10.1. The molecule has 2 aromatic rings. The number of aromatic nitrogens is 1. The third-order valence-corrected chi connectivity index (χ3v) is 2.58. The molecule has 0 spiro atoms. The smallest absolute Gasteiger partial charge is 0.276 e. The molecule has 0 aliphatic rings. The minimum Gasteiger partial charge on any atom is -0.429 e. The van der Waals surface area contributed by atoms with Crippen LogP contribution in [0, 0.1) is 10.8 Å². The fraction of sp³-hybridized carbons (Fsp3) is 0.333. The molecule has 0 saturated heterocycles. The third kappa shape index (κ3) is 1.93. The molecule has 0 radical (unpaired) electrons. The van der Waals surface area contributed by atoms with E-state index >= 15 is 0 Å². The highest BCUT2D eigenvalue weighted by molar-refractivity contribution is 7.71. The molecule has 0 unspecified atom stereocenters. The molecule has 84 valence electrons. The van der Waals surface area contributed by atoms with Gasteiger partial charge in [0.05, 0.1) is 5.52 Å². The van der Waals surface area contributed by atoms with Crippen LogP contribution in [0.5, 0.6) is 0 Å². The van der Waals surface area contributed by atoms with Crippen molar-refractivity contribution < 1.29 is 9.21 Å². The SMILES string of the molecule is CC(C)CC(=O)n1c(=S)oc2ccccc21. The highest BCUT2D eigenvalue weighted by Gasteiger charge is 2.14. The summed E-state index contributed by atoms with van der Waals surface area (Å²) in [6.07, 6.45) is 0.470. The fourth-order valence-corrected chi connectivity index (χ4v) is 1.93. The van der Waals surface area contributed by atoms with Gasteiger partial charge in [-0.15, -0.1) is 0 Å². The van der Waals surface area contributed by atoms with Gasteiger partial charge in [0.25, 0.3) is 4.84 Å². The number of nitrogens with zero attached hydrogens (tertiary/aromatic N) is 1. The van der Waals surface area contributed by atoms with Gasteiger partial charge in [-0.2, -0.15) is 0 Å². The zero-order valence-electron chi connectivity index (χ0n) is 9.27. The molecule has 0 aliphatic carbocycles. The molecule has 0 bridgehead atoms. The second-order valence-electron chi connectivity index (χ2n) is 4.16. The van der Waals surface area contributed by atoms with Crippen molar-refractivity contribution in [3.63, 3.8) is 0 Å². The Morgan fingerprint density at radius 3 is 2.81 bits per heavy atom. The Hall–Kier alpha value is -1.42. The van der Waals surface area contributed by atoms with Crippen LogP contribution in [-0.2, 0) is 0 Å². The van der Waals surface area contributed by atoms with Crippen molar-refractivity contribution in [3.8, 4) is 0 Å². The van der Waals surface area contributed by atoms with Crippen LogP contribution in [0.15, 0.2) is 28.7 Å². The monoisotopic (exact) mass is 235 g/mol. The zero-order chi connectivity index (χ0) is 11.7. The quantitative estimate of drug-likeness (QED) is 0.745. The maximum atomic E-state index is 12.0. The lowest BCUT2D eigenvalue weighted by atomic mass is 10.1. The van der Waals surface area contributed by atoms with E-state index < -0.39 is 0 Å². The Morgan fingerprint density at radius 1 is 1.44 bits per heavy atom. The first-order chi connectivity index (χ1) is 7.59. The Kier molecular flexibility index (Phi) is 2.92. The number of hydrogen-bond donors (Lipinski definition) is 0. The summed E-state index contributed by atoms with van der Waals surface area (Å²) in [5.41, 5.74) is 1.41. The molecule has 1 heterocycles. The summed E-state index contributed by atoms with van der Waals surface area (Å²) < 4.78 is 6.84. The largest absolute Gasteiger partial charge is 0.429 e. The van der Waals surface area contributed by atoms with Gasteiger partial charge in [-0.05, 0) is 30.3 Å². The lowest BCUT2D eigenvalue weighted by molar-refractivity contribution is 0.0886. The highest BCUT2D eigenvalue weighted by Crippen LogP contribution is 2.18. The van der Waals surface area contributed by atoms with Crippen LogP contribution in [0.1, 0.15) is 25.1 Å². The van der Waals surface area contributed by atoms with Gasteiger partial charge >= 0.3 is 0 Å². The van der Waals surface area contributed by atoms with E-state index in [-0.39, 0.29) is 10.7 Å². The molecule has 2 rings (SSSR count). The van der Waals surface area contributed by atoms with E-state index in [0.29, 0.717) is 17.9 Å². The van der Waals surface area contributed by atoms with Crippen LogP contribution >= 0.6 is 12.2 Å². The van der Waals surface area contributed by atoms with E-state index in [9.17, 15) is 4.79 Å². The Labute approximate surface area is 98.7 Å². The number of rotatable bonds is 2. The molecule has 3 nitrogen and oxygen atoms in total. The Morgan fingerprint density at radius 2 is 2.12 bits per heavy atom. The van der Waals surface area contributed by atoms with E-state index in [1.807, 2.05) is 38.1 Å². The van der Waals surface area contributed by atoms with E-state index in [1.165, 1.54) is 4.57 Å². The second kappa shape index (κ2) is 4.22. The number of benzene rings is 1. The molecule has 0 N–H and O–H groups in total. The predicted octanol–water partition coefficient (Wildman–Crippen LogP) is 3.65. The molecule has 0 amide bonds. The van der Waals surface area contributed by atoms with Crippen molar-refractivity contribution in [2.24, 2.45) is 5.92 Å². The van der Waals surface area contributed by atoms with E-state index in [2.05, 4.69) is 0 Å². The molecule has 0 aliphatic heterocycles. The van der Waals surface area contributed by atoms with Crippen molar-refractivity contribution in [3.05, 3.63) is 29.1 Å². The van der Waals surface area contributed by atoms with Crippen molar-refractivity contribution >= 4 is 29.2 Å². The molecule has 16 heavy (non-hydrogen) atoms. The second-order valence-corrected chi connectivity index (χ2v) is 4.51. The van der Waals surface area contributed by atoms with Gasteiger partial charge in [-0.1, -0.05) is 26.0 Å². The summed E-state index contributed by atoms with van der Waals surface area (Å²) >= 11 is 5.06. The topological polar surface area (TPSA) is 35.1 Å². The normalized spacial score (nSPS) is 11.2. The van der Waals surface area contributed by atoms with Gasteiger partial charge < -0.3 is 4.42 Å². The molecule has 0 atom stereocenters. The Bertz CT molecular complexity index is 580. The number of hydrogen-bond acceptors (Lipinski definition) is 3. The molecular formula is C12H13NO2S. The average Bonchev–Trinajstić information content (AvgIpc) is 2.52. The van der Waals surface area contributed by atoms with Gasteiger partial charge in [0, 0.05) is 6.42 Å². The number of carbonyl (C=O) groups excluding carboxylic acids is 1. The molecule has 0 fully saturated rings. The van der Waals surface area contributed by atoms with Crippen LogP contribution in [0.4, 0.5) is 0 Å². The highest BCUT2D eigenvalue weighted by atomic mass is 32.1. The van der Waals surface area contributed by atoms with Crippen LogP contribution in [0.2, 0.25) is 0 Å². The van der Waals surface area contributed by atoms with Gasteiger partial charge in [0.2, 0.25) is 5.91 Å². The molecule has 1 aromatic heterocycles. The predicted molar refractivity (Wildman–Crippen MR) is 65.1 cm³/mol. The number of para-hydroxylation sites is 2. The third-order valence-electron chi connectivity index (χ3n) is 2.32. The summed E-state index contributed by atoms with van der Waals surface area (Å²) in [6, 6.07) is 7.38. The summed E-state index contributed by atoms with van der Waals surface area (Å²) in [6.45, 7) is 4.01. The maximum absolute atomic E-state index is 12.0. The van der Waals surface area contributed by atoms with Gasteiger partial charge in [-0.25, -0.2) is 4.57 Å². The fourth-order valence-electron chi connectivity index (χ4n) is 1.64.